The minimum Gasteiger partial charge on any atom is -0.493 e. The minimum atomic E-state index is -0.160. The number of carbonyl (C=O) groups excluding carboxylic acids is 1. The van der Waals surface area contributed by atoms with Gasteiger partial charge in [-0.25, -0.2) is 9.97 Å². The molecule has 0 unspecified atom stereocenters. The number of aromatic nitrogens is 2. The maximum Gasteiger partial charge on any atom is 0.226 e. The van der Waals surface area contributed by atoms with Crippen molar-refractivity contribution in [1.82, 2.24) is 9.97 Å². The normalized spacial score (nSPS) is 9.96. The molecule has 0 bridgehead atoms. The highest BCUT2D eigenvalue weighted by Gasteiger charge is 2.14. The van der Waals surface area contributed by atoms with Crippen LogP contribution in [-0.2, 0) is 4.79 Å². The molecule has 8 nitrogen and oxygen atoms in total. The van der Waals surface area contributed by atoms with Crippen molar-refractivity contribution in [3.05, 3.63) is 30.6 Å². The lowest BCUT2D eigenvalue weighted by Gasteiger charge is -2.14. The molecule has 1 amide bonds. The zero-order valence-electron chi connectivity index (χ0n) is 13.8. The van der Waals surface area contributed by atoms with Gasteiger partial charge in [0.15, 0.2) is 11.5 Å². The number of methoxy groups -OCH3 is 3. The quantitative estimate of drug-likeness (QED) is 0.763. The van der Waals surface area contributed by atoms with Crippen LogP contribution in [0.25, 0.3) is 0 Å². The maximum atomic E-state index is 12.1. The number of carbonyl (C=O) groups is 1. The first kappa shape index (κ1) is 17.3. The molecule has 0 fully saturated rings. The van der Waals surface area contributed by atoms with Crippen molar-refractivity contribution < 1.29 is 19.0 Å². The van der Waals surface area contributed by atoms with Gasteiger partial charge in [-0.3, -0.25) is 4.79 Å². The molecule has 0 atom stereocenters. The van der Waals surface area contributed by atoms with Crippen LogP contribution in [0.1, 0.15) is 6.42 Å². The van der Waals surface area contributed by atoms with E-state index in [0.29, 0.717) is 35.4 Å². The smallest absolute Gasteiger partial charge is 0.226 e. The molecule has 0 aliphatic carbocycles. The van der Waals surface area contributed by atoms with Crippen LogP contribution in [0.2, 0.25) is 0 Å². The van der Waals surface area contributed by atoms with Crippen LogP contribution in [0.3, 0.4) is 0 Å². The highest BCUT2D eigenvalue weighted by molar-refractivity contribution is 5.91. The van der Waals surface area contributed by atoms with Crippen LogP contribution in [0.4, 0.5) is 11.6 Å². The zero-order valence-corrected chi connectivity index (χ0v) is 13.8. The average molecular weight is 332 g/mol. The predicted octanol–water partition coefficient (Wildman–Crippen LogP) is 1.94. The summed E-state index contributed by atoms with van der Waals surface area (Å²) in [6.07, 6.45) is 3.52. The Labute approximate surface area is 140 Å². The van der Waals surface area contributed by atoms with Gasteiger partial charge in [0.2, 0.25) is 17.6 Å². The molecule has 8 heteroatoms. The van der Waals surface area contributed by atoms with Gasteiger partial charge in [-0.1, -0.05) is 0 Å². The third-order valence-corrected chi connectivity index (χ3v) is 3.15. The van der Waals surface area contributed by atoms with Gasteiger partial charge in [-0.05, 0) is 6.07 Å². The summed E-state index contributed by atoms with van der Waals surface area (Å²) in [5.41, 5.74) is 0.561. The summed E-state index contributed by atoms with van der Waals surface area (Å²) in [6, 6.07) is 5.07. The summed E-state index contributed by atoms with van der Waals surface area (Å²) in [6.45, 7) is 0.417. The molecule has 2 rings (SSSR count). The van der Waals surface area contributed by atoms with Gasteiger partial charge >= 0.3 is 0 Å². The van der Waals surface area contributed by atoms with Gasteiger partial charge in [0.05, 0.1) is 21.3 Å². The summed E-state index contributed by atoms with van der Waals surface area (Å²) in [4.78, 5) is 20.1. The van der Waals surface area contributed by atoms with E-state index in [2.05, 4.69) is 20.6 Å². The average Bonchev–Trinajstić information content (AvgIpc) is 2.61. The van der Waals surface area contributed by atoms with E-state index >= 15 is 0 Å². The molecule has 2 N–H and O–H groups in total. The third-order valence-electron chi connectivity index (χ3n) is 3.15. The van der Waals surface area contributed by atoms with Crippen LogP contribution in [0.5, 0.6) is 17.2 Å². The molecule has 0 aliphatic heterocycles. The van der Waals surface area contributed by atoms with E-state index < -0.39 is 0 Å². The minimum absolute atomic E-state index is 0.160. The van der Waals surface area contributed by atoms with Crippen LogP contribution in [0, 0.1) is 0 Å². The molecule has 0 aliphatic rings. The molecule has 128 valence electrons. The number of nitrogens with zero attached hydrogens (tertiary/aromatic N) is 2. The van der Waals surface area contributed by atoms with Crippen molar-refractivity contribution >= 4 is 17.5 Å². The summed E-state index contributed by atoms with van der Waals surface area (Å²) in [5.74, 6) is 1.75. The molecule has 0 spiro atoms. The number of anilines is 2. The number of rotatable bonds is 8. The van der Waals surface area contributed by atoms with Gasteiger partial charge in [-0.2, -0.15) is 0 Å². The fourth-order valence-electron chi connectivity index (χ4n) is 2.05. The number of ether oxygens (including phenoxy) is 3. The summed E-state index contributed by atoms with van der Waals surface area (Å²) in [7, 11) is 4.56. The van der Waals surface area contributed by atoms with E-state index in [0.717, 1.165) is 0 Å². The Morgan fingerprint density at radius 3 is 2.21 bits per heavy atom. The van der Waals surface area contributed by atoms with E-state index in [1.54, 1.807) is 30.6 Å². The second kappa shape index (κ2) is 8.56. The molecule has 1 aromatic carbocycles. The standard InChI is InChI=1S/C16H20N4O4/c1-22-12-9-11(10-13(23-2)15(12)24-3)20-14(21)5-8-19-16-17-6-4-7-18-16/h4,6-7,9-10H,5,8H2,1-3H3,(H,20,21)(H,17,18,19). The van der Waals surface area contributed by atoms with E-state index in [1.807, 2.05) is 0 Å². The SMILES string of the molecule is COc1cc(NC(=O)CCNc2ncccn2)cc(OC)c1OC. The highest BCUT2D eigenvalue weighted by atomic mass is 16.5. The highest BCUT2D eigenvalue weighted by Crippen LogP contribution is 2.39. The van der Waals surface area contributed by atoms with Crippen LogP contribution in [0.15, 0.2) is 30.6 Å². The van der Waals surface area contributed by atoms with Gasteiger partial charge in [0, 0.05) is 43.2 Å². The lowest BCUT2D eigenvalue weighted by Crippen LogP contribution is -2.17. The molecule has 1 heterocycles. The van der Waals surface area contributed by atoms with Crippen molar-refractivity contribution in [1.29, 1.82) is 0 Å². The van der Waals surface area contributed by atoms with Crippen molar-refractivity contribution in [3.8, 4) is 17.2 Å². The van der Waals surface area contributed by atoms with Crippen LogP contribution in [-0.4, -0.2) is 43.7 Å². The second-order valence-electron chi connectivity index (χ2n) is 4.71. The van der Waals surface area contributed by atoms with E-state index in [4.69, 9.17) is 14.2 Å². The fourth-order valence-corrected chi connectivity index (χ4v) is 2.05. The lowest BCUT2D eigenvalue weighted by molar-refractivity contribution is -0.115. The Balaban J connectivity index is 1.96. The van der Waals surface area contributed by atoms with Crippen molar-refractivity contribution in [2.24, 2.45) is 0 Å². The Morgan fingerprint density at radius 2 is 1.67 bits per heavy atom. The number of hydrogen-bond acceptors (Lipinski definition) is 7. The van der Waals surface area contributed by atoms with Gasteiger partial charge in [0.1, 0.15) is 0 Å². The first-order valence-corrected chi connectivity index (χ1v) is 7.28. The summed E-state index contributed by atoms with van der Waals surface area (Å²) >= 11 is 0. The monoisotopic (exact) mass is 332 g/mol. The first-order chi connectivity index (χ1) is 11.7. The topological polar surface area (TPSA) is 94.6 Å². The largest absolute Gasteiger partial charge is 0.493 e. The predicted molar refractivity (Wildman–Crippen MR) is 89.9 cm³/mol. The molecule has 0 radical (unpaired) electrons. The van der Waals surface area contributed by atoms with E-state index in [-0.39, 0.29) is 12.3 Å². The lowest BCUT2D eigenvalue weighted by atomic mass is 10.2. The van der Waals surface area contributed by atoms with Crippen molar-refractivity contribution in [2.45, 2.75) is 6.42 Å². The van der Waals surface area contributed by atoms with Crippen molar-refractivity contribution in [2.75, 3.05) is 38.5 Å². The molecule has 0 saturated carbocycles. The van der Waals surface area contributed by atoms with Gasteiger partial charge < -0.3 is 24.8 Å². The third kappa shape index (κ3) is 4.48. The number of amides is 1. The molecular weight excluding hydrogens is 312 g/mol. The Morgan fingerprint density at radius 1 is 1.04 bits per heavy atom. The second-order valence-corrected chi connectivity index (χ2v) is 4.71. The summed E-state index contributed by atoms with van der Waals surface area (Å²) in [5, 5.41) is 5.77. The van der Waals surface area contributed by atoms with Gasteiger partial charge in [0.25, 0.3) is 0 Å². The number of nitrogens with one attached hydrogen (secondary N) is 2. The van der Waals surface area contributed by atoms with Crippen LogP contribution < -0.4 is 24.8 Å². The Kier molecular flexibility index (Phi) is 6.18. The van der Waals surface area contributed by atoms with E-state index in [1.165, 1.54) is 21.3 Å². The molecule has 2 aromatic rings. The first-order valence-electron chi connectivity index (χ1n) is 7.28. The summed E-state index contributed by atoms with van der Waals surface area (Å²) < 4.78 is 15.8. The maximum absolute atomic E-state index is 12.1. The molecule has 24 heavy (non-hydrogen) atoms. The Bertz CT molecular complexity index is 654. The van der Waals surface area contributed by atoms with Crippen molar-refractivity contribution in [3.63, 3.8) is 0 Å². The van der Waals surface area contributed by atoms with Crippen LogP contribution >= 0.6 is 0 Å². The molecular formula is C16H20N4O4. The van der Waals surface area contributed by atoms with Gasteiger partial charge in [-0.15, -0.1) is 0 Å². The number of benzene rings is 1. The number of hydrogen-bond donors (Lipinski definition) is 2. The molecule has 0 saturated heterocycles. The van der Waals surface area contributed by atoms with E-state index in [9.17, 15) is 4.79 Å². The zero-order chi connectivity index (χ0) is 17.4. The fraction of sp³-hybridized carbons (Fsp3) is 0.312. The Hall–Kier alpha value is -3.03. The molecule has 1 aromatic heterocycles.